The molecule has 1 aliphatic heterocycles. The van der Waals surface area contributed by atoms with E-state index in [9.17, 15) is 28.8 Å². The Morgan fingerprint density at radius 2 is 1.73 bits per heavy atom. The summed E-state index contributed by atoms with van der Waals surface area (Å²) in [5.41, 5.74) is 5.81. The molecular weight excluding hydrogens is 532 g/mol. The topological polar surface area (TPSA) is 200 Å². The number of aliphatic carboxylic acids is 1. The molecule has 0 saturated carbocycles. The van der Waals surface area contributed by atoms with Gasteiger partial charge < -0.3 is 37.0 Å². The number of carboxylic acid groups (broad SMARTS) is 1. The van der Waals surface area contributed by atoms with E-state index in [0.717, 1.165) is 0 Å². The second kappa shape index (κ2) is 14.6. The van der Waals surface area contributed by atoms with E-state index in [1.54, 1.807) is 30.3 Å². The predicted molar refractivity (Wildman–Crippen MR) is 150 cm³/mol. The molecule has 1 fully saturated rings. The molecule has 0 unspecified atom stereocenters. The third kappa shape index (κ3) is 10.2. The Bertz CT molecular complexity index is 1120. The molecule has 13 heteroatoms. The normalized spacial score (nSPS) is 19.4. The number of rotatable bonds is 13. The maximum absolute atomic E-state index is 13.6. The van der Waals surface area contributed by atoms with Crippen molar-refractivity contribution in [3.8, 4) is 0 Å². The number of carbonyl (C=O) groups is 6. The van der Waals surface area contributed by atoms with Gasteiger partial charge in [0.1, 0.15) is 18.1 Å². The minimum absolute atomic E-state index is 0.0242. The van der Waals surface area contributed by atoms with Crippen LogP contribution in [0.1, 0.15) is 59.4 Å². The van der Waals surface area contributed by atoms with Crippen molar-refractivity contribution < 1.29 is 33.9 Å². The summed E-state index contributed by atoms with van der Waals surface area (Å²) in [7, 11) is 0. The smallest absolute Gasteiger partial charge is 0.305 e. The van der Waals surface area contributed by atoms with Crippen molar-refractivity contribution >= 4 is 35.5 Å². The van der Waals surface area contributed by atoms with Gasteiger partial charge in [-0.05, 0) is 32.3 Å². The molecule has 0 spiro atoms. The number of carbonyl (C=O) groups excluding carboxylic acids is 5. The van der Waals surface area contributed by atoms with Crippen molar-refractivity contribution in [3.05, 3.63) is 35.9 Å². The van der Waals surface area contributed by atoms with Gasteiger partial charge in [-0.2, -0.15) is 0 Å². The SMILES string of the molecule is CC[C@H](C)[C@H](NC(=O)C[C@@H]1NC(=O)[C@H](CNC(=O)[C@@H](N)CC(=O)O)N(Cc2ccccc2)C1=O)C(=O)NC(C)(C)C. The Kier molecular flexibility index (Phi) is 11.8. The van der Waals surface area contributed by atoms with Gasteiger partial charge in [-0.3, -0.25) is 28.8 Å². The fourth-order valence-electron chi connectivity index (χ4n) is 4.31. The summed E-state index contributed by atoms with van der Waals surface area (Å²) >= 11 is 0. The number of nitrogens with zero attached hydrogens (tertiary/aromatic N) is 1. The Balaban J connectivity index is 2.20. The Labute approximate surface area is 240 Å². The summed E-state index contributed by atoms with van der Waals surface area (Å²) in [5, 5.41) is 19.5. The van der Waals surface area contributed by atoms with Crippen LogP contribution in [-0.2, 0) is 35.3 Å². The standard InChI is InChI=1S/C28H42N6O7/c1-6-16(2)23(26(40)33-28(3,4)5)32-21(35)13-19-27(41)34(15-17-10-8-7-9-11-17)20(25(39)31-19)14-30-24(38)18(29)12-22(36)37/h7-11,16,18-20,23H,6,12-15,29H2,1-5H3,(H,30,38)(H,31,39)(H,32,35)(H,33,40)(H,36,37)/t16-,18-,19-,20-,23-/m0/s1. The molecule has 1 aromatic rings. The van der Waals surface area contributed by atoms with Crippen molar-refractivity contribution in [2.45, 2.75) is 90.1 Å². The monoisotopic (exact) mass is 574 g/mol. The third-order valence-electron chi connectivity index (χ3n) is 6.67. The highest BCUT2D eigenvalue weighted by atomic mass is 16.4. The van der Waals surface area contributed by atoms with Gasteiger partial charge >= 0.3 is 5.97 Å². The summed E-state index contributed by atoms with van der Waals surface area (Å²) in [6.45, 7) is 8.94. The molecule has 7 N–H and O–H groups in total. The first-order chi connectivity index (χ1) is 19.1. The molecule has 1 aliphatic rings. The highest BCUT2D eigenvalue weighted by Gasteiger charge is 2.42. The number of amides is 5. The first-order valence-electron chi connectivity index (χ1n) is 13.6. The second-order valence-electron chi connectivity index (χ2n) is 11.4. The van der Waals surface area contributed by atoms with E-state index >= 15 is 0 Å². The van der Waals surface area contributed by atoms with Crippen LogP contribution in [0, 0.1) is 5.92 Å². The molecule has 1 heterocycles. The van der Waals surface area contributed by atoms with Crippen LogP contribution in [-0.4, -0.2) is 81.8 Å². The molecule has 0 radical (unpaired) electrons. The van der Waals surface area contributed by atoms with Gasteiger partial charge in [-0.25, -0.2) is 0 Å². The number of hydrogen-bond acceptors (Lipinski definition) is 7. The molecule has 41 heavy (non-hydrogen) atoms. The molecule has 2 rings (SSSR count). The van der Waals surface area contributed by atoms with Gasteiger partial charge in [0, 0.05) is 18.6 Å². The van der Waals surface area contributed by atoms with Gasteiger partial charge in [-0.15, -0.1) is 0 Å². The fraction of sp³-hybridized carbons (Fsp3) is 0.571. The van der Waals surface area contributed by atoms with Crippen molar-refractivity contribution in [2.24, 2.45) is 11.7 Å². The van der Waals surface area contributed by atoms with Crippen molar-refractivity contribution in [2.75, 3.05) is 6.54 Å². The molecule has 1 aromatic carbocycles. The average molecular weight is 575 g/mol. The minimum Gasteiger partial charge on any atom is -0.481 e. The zero-order chi connectivity index (χ0) is 30.9. The lowest BCUT2D eigenvalue weighted by atomic mass is 9.96. The van der Waals surface area contributed by atoms with Crippen molar-refractivity contribution in [3.63, 3.8) is 0 Å². The van der Waals surface area contributed by atoms with Gasteiger partial charge in [0.2, 0.25) is 29.5 Å². The van der Waals surface area contributed by atoms with E-state index in [4.69, 9.17) is 10.8 Å². The second-order valence-corrected chi connectivity index (χ2v) is 11.4. The number of piperazine rings is 1. The Hall–Kier alpha value is -4.00. The third-order valence-corrected chi connectivity index (χ3v) is 6.67. The predicted octanol–water partition coefficient (Wildman–Crippen LogP) is -0.364. The highest BCUT2D eigenvalue weighted by molar-refractivity contribution is 6.00. The Morgan fingerprint density at radius 1 is 1.10 bits per heavy atom. The summed E-state index contributed by atoms with van der Waals surface area (Å²) < 4.78 is 0. The zero-order valence-electron chi connectivity index (χ0n) is 24.2. The van der Waals surface area contributed by atoms with E-state index < -0.39 is 72.1 Å². The first-order valence-corrected chi connectivity index (χ1v) is 13.6. The number of hydrogen-bond donors (Lipinski definition) is 6. The molecule has 226 valence electrons. The largest absolute Gasteiger partial charge is 0.481 e. The van der Waals surface area contributed by atoms with Crippen LogP contribution in [0.3, 0.4) is 0 Å². The van der Waals surface area contributed by atoms with E-state index in [2.05, 4.69) is 21.3 Å². The lowest BCUT2D eigenvalue weighted by molar-refractivity contribution is -0.151. The van der Waals surface area contributed by atoms with Crippen LogP contribution < -0.4 is 27.0 Å². The van der Waals surface area contributed by atoms with Crippen LogP contribution in [0.2, 0.25) is 0 Å². The van der Waals surface area contributed by atoms with Crippen LogP contribution in [0.15, 0.2) is 30.3 Å². The first kappa shape index (κ1) is 33.2. The minimum atomic E-state index is -1.33. The summed E-state index contributed by atoms with van der Waals surface area (Å²) in [6, 6.07) is 4.38. The lowest BCUT2D eigenvalue weighted by Gasteiger charge is -2.39. The Morgan fingerprint density at radius 3 is 2.29 bits per heavy atom. The fourth-order valence-corrected chi connectivity index (χ4v) is 4.31. The molecule has 1 saturated heterocycles. The summed E-state index contributed by atoms with van der Waals surface area (Å²) in [6.07, 6.45) is -0.373. The molecular formula is C28H42N6O7. The highest BCUT2D eigenvalue weighted by Crippen LogP contribution is 2.17. The molecule has 5 atom stereocenters. The van der Waals surface area contributed by atoms with Crippen LogP contribution in [0.25, 0.3) is 0 Å². The lowest BCUT2D eigenvalue weighted by Crippen LogP contribution is -2.66. The average Bonchev–Trinajstić information content (AvgIpc) is 2.88. The zero-order valence-corrected chi connectivity index (χ0v) is 24.2. The van der Waals surface area contributed by atoms with Crippen LogP contribution in [0.4, 0.5) is 0 Å². The molecule has 5 amide bonds. The maximum atomic E-state index is 13.6. The van der Waals surface area contributed by atoms with E-state index in [1.807, 2.05) is 34.6 Å². The number of nitrogens with two attached hydrogens (primary N) is 1. The van der Waals surface area contributed by atoms with Gasteiger partial charge in [-0.1, -0.05) is 50.6 Å². The van der Waals surface area contributed by atoms with Gasteiger partial charge in [0.25, 0.3) is 0 Å². The number of nitrogens with one attached hydrogen (secondary N) is 4. The molecule has 0 bridgehead atoms. The molecule has 0 aromatic heterocycles. The number of benzene rings is 1. The van der Waals surface area contributed by atoms with Crippen molar-refractivity contribution in [1.29, 1.82) is 0 Å². The van der Waals surface area contributed by atoms with E-state index in [-0.39, 0.29) is 24.9 Å². The molecule has 0 aliphatic carbocycles. The summed E-state index contributed by atoms with van der Waals surface area (Å²) in [4.78, 5) is 77.1. The quantitative estimate of drug-likeness (QED) is 0.183. The van der Waals surface area contributed by atoms with E-state index in [0.29, 0.717) is 12.0 Å². The summed E-state index contributed by atoms with van der Waals surface area (Å²) in [5.74, 6) is -4.29. The maximum Gasteiger partial charge on any atom is 0.305 e. The van der Waals surface area contributed by atoms with Gasteiger partial charge in [0.15, 0.2) is 0 Å². The van der Waals surface area contributed by atoms with Crippen LogP contribution in [0.5, 0.6) is 0 Å². The van der Waals surface area contributed by atoms with E-state index in [1.165, 1.54) is 4.90 Å². The van der Waals surface area contributed by atoms with Crippen molar-refractivity contribution in [1.82, 2.24) is 26.2 Å². The molecule has 13 nitrogen and oxygen atoms in total. The van der Waals surface area contributed by atoms with Gasteiger partial charge in [0.05, 0.1) is 18.9 Å². The van der Waals surface area contributed by atoms with Crippen LogP contribution >= 0.6 is 0 Å². The number of carboxylic acids is 1.